The lowest BCUT2D eigenvalue weighted by Gasteiger charge is -2.20. The summed E-state index contributed by atoms with van der Waals surface area (Å²) in [5, 5.41) is 4.06. The topological polar surface area (TPSA) is 44.1 Å². The Morgan fingerprint density at radius 2 is 2.33 bits per heavy atom. The lowest BCUT2D eigenvalue weighted by molar-refractivity contribution is -0.149. The molecule has 5 heteroatoms. The third kappa shape index (κ3) is 3.27. The summed E-state index contributed by atoms with van der Waals surface area (Å²) in [4.78, 5) is 12.5. The predicted molar refractivity (Wildman–Crippen MR) is 59.7 cm³/mol. The Balaban J connectivity index is 2.53. The van der Waals surface area contributed by atoms with Gasteiger partial charge in [-0.25, -0.2) is 0 Å². The second kappa shape index (κ2) is 4.70. The molecule has 0 saturated heterocycles. The normalized spacial score (nSPS) is 11.5. The first-order chi connectivity index (χ1) is 6.95. The lowest BCUT2D eigenvalue weighted by atomic mass is 9.97. The van der Waals surface area contributed by atoms with Gasteiger partial charge in [-0.3, -0.25) is 9.48 Å². The molecule has 0 radical (unpaired) electrons. The van der Waals surface area contributed by atoms with Crippen molar-refractivity contribution in [2.24, 2.45) is 12.5 Å². The Morgan fingerprint density at radius 3 is 2.80 bits per heavy atom. The zero-order valence-corrected chi connectivity index (χ0v) is 10.3. The van der Waals surface area contributed by atoms with E-state index in [1.165, 1.54) is 7.11 Å². The Morgan fingerprint density at radius 1 is 1.67 bits per heavy atom. The first-order valence-corrected chi connectivity index (χ1v) is 5.64. The number of nitrogens with zero attached hydrogens (tertiary/aromatic N) is 2. The molecule has 0 aromatic carbocycles. The molecule has 1 aromatic heterocycles. The average Bonchev–Trinajstić information content (AvgIpc) is 2.60. The van der Waals surface area contributed by atoms with Crippen molar-refractivity contribution in [3.05, 3.63) is 12.4 Å². The minimum absolute atomic E-state index is 0.182. The summed E-state index contributed by atoms with van der Waals surface area (Å²) in [6.07, 6.45) is 3.72. The molecule has 0 saturated carbocycles. The average molecular weight is 228 g/mol. The van der Waals surface area contributed by atoms with Gasteiger partial charge in [0.1, 0.15) is 0 Å². The van der Waals surface area contributed by atoms with Crippen LogP contribution in [0.15, 0.2) is 17.3 Å². The van der Waals surface area contributed by atoms with Gasteiger partial charge in [-0.15, -0.1) is 11.8 Å². The molecule has 0 aliphatic carbocycles. The number of hydrogen-bond donors (Lipinski definition) is 0. The molecule has 0 aliphatic heterocycles. The summed E-state index contributed by atoms with van der Waals surface area (Å²) in [6.45, 7) is 3.75. The minimum atomic E-state index is -0.463. The van der Waals surface area contributed by atoms with E-state index in [1.807, 2.05) is 27.1 Å². The number of carbonyl (C=O) groups is 1. The second-order valence-electron chi connectivity index (χ2n) is 4.01. The van der Waals surface area contributed by atoms with Crippen molar-refractivity contribution < 1.29 is 9.53 Å². The molecule has 84 valence electrons. The molecule has 0 spiro atoms. The highest BCUT2D eigenvalue weighted by atomic mass is 32.2. The molecule has 4 nitrogen and oxygen atoms in total. The molecular weight excluding hydrogens is 212 g/mol. The molecule has 1 heterocycles. The second-order valence-corrected chi connectivity index (χ2v) is 5.06. The van der Waals surface area contributed by atoms with Crippen LogP contribution in [0.3, 0.4) is 0 Å². The van der Waals surface area contributed by atoms with Gasteiger partial charge in [0.05, 0.1) is 18.7 Å². The van der Waals surface area contributed by atoms with Gasteiger partial charge in [0, 0.05) is 23.9 Å². The molecule has 1 rings (SSSR count). The van der Waals surface area contributed by atoms with Gasteiger partial charge in [-0.05, 0) is 13.8 Å². The van der Waals surface area contributed by atoms with Crippen LogP contribution in [0.4, 0.5) is 0 Å². The molecule has 0 atom stereocenters. The highest BCUT2D eigenvalue weighted by Crippen LogP contribution is 2.28. The quantitative estimate of drug-likeness (QED) is 0.581. The number of esters is 1. The van der Waals surface area contributed by atoms with Crippen LogP contribution >= 0.6 is 11.8 Å². The Bertz CT molecular complexity index is 347. The fourth-order valence-electron chi connectivity index (χ4n) is 1.07. The maximum absolute atomic E-state index is 11.4. The molecule has 0 unspecified atom stereocenters. The largest absolute Gasteiger partial charge is 0.469 e. The lowest BCUT2D eigenvalue weighted by Crippen LogP contribution is -2.28. The SMILES string of the molecule is COC(=O)C(C)(C)CSc1cnn(C)c1. The van der Waals surface area contributed by atoms with Gasteiger partial charge in [0.25, 0.3) is 0 Å². The predicted octanol–water partition coefficient (Wildman–Crippen LogP) is 1.71. The summed E-state index contributed by atoms with van der Waals surface area (Å²) in [5.74, 6) is 0.504. The highest BCUT2D eigenvalue weighted by Gasteiger charge is 2.28. The van der Waals surface area contributed by atoms with E-state index in [1.54, 1.807) is 22.6 Å². The van der Waals surface area contributed by atoms with Crippen molar-refractivity contribution in [3.63, 3.8) is 0 Å². The van der Waals surface area contributed by atoms with Gasteiger partial charge in [-0.2, -0.15) is 5.10 Å². The maximum atomic E-state index is 11.4. The summed E-state index contributed by atoms with van der Waals surface area (Å²) in [5.41, 5.74) is -0.463. The molecule has 0 bridgehead atoms. The van der Waals surface area contributed by atoms with Crippen molar-refractivity contribution in [2.75, 3.05) is 12.9 Å². The van der Waals surface area contributed by atoms with Crippen LogP contribution in [-0.4, -0.2) is 28.6 Å². The van der Waals surface area contributed by atoms with Crippen LogP contribution in [0.5, 0.6) is 0 Å². The van der Waals surface area contributed by atoms with Gasteiger partial charge in [-0.1, -0.05) is 0 Å². The van der Waals surface area contributed by atoms with E-state index in [0.29, 0.717) is 5.75 Å². The van der Waals surface area contributed by atoms with E-state index in [4.69, 9.17) is 4.74 Å². The van der Waals surface area contributed by atoms with Crippen molar-refractivity contribution >= 4 is 17.7 Å². The van der Waals surface area contributed by atoms with Crippen LogP contribution in [-0.2, 0) is 16.6 Å². The van der Waals surface area contributed by atoms with E-state index in [-0.39, 0.29) is 5.97 Å². The number of hydrogen-bond acceptors (Lipinski definition) is 4. The van der Waals surface area contributed by atoms with Gasteiger partial charge in [0.2, 0.25) is 0 Å². The molecular formula is C10H16N2O2S. The van der Waals surface area contributed by atoms with Gasteiger partial charge < -0.3 is 4.74 Å². The summed E-state index contributed by atoms with van der Waals surface area (Å²) < 4.78 is 6.48. The van der Waals surface area contributed by atoms with Crippen molar-refractivity contribution in [3.8, 4) is 0 Å². The minimum Gasteiger partial charge on any atom is -0.469 e. The summed E-state index contributed by atoms with van der Waals surface area (Å²) in [7, 11) is 3.29. The van der Waals surface area contributed by atoms with Gasteiger partial charge in [0.15, 0.2) is 0 Å². The Kier molecular flexibility index (Phi) is 3.79. The van der Waals surface area contributed by atoms with Crippen LogP contribution in [0, 0.1) is 5.41 Å². The zero-order chi connectivity index (χ0) is 11.5. The summed E-state index contributed by atoms with van der Waals surface area (Å²) in [6, 6.07) is 0. The number of carbonyl (C=O) groups excluding carboxylic acids is 1. The van der Waals surface area contributed by atoms with Crippen molar-refractivity contribution in [1.82, 2.24) is 9.78 Å². The number of methoxy groups -OCH3 is 1. The first-order valence-electron chi connectivity index (χ1n) is 4.65. The van der Waals surface area contributed by atoms with Gasteiger partial charge >= 0.3 is 5.97 Å². The zero-order valence-electron chi connectivity index (χ0n) is 9.48. The number of aromatic nitrogens is 2. The third-order valence-corrected chi connectivity index (χ3v) is 3.43. The standard InChI is InChI=1S/C10H16N2O2S/c1-10(2,9(13)14-4)7-15-8-5-11-12(3)6-8/h5-6H,7H2,1-4H3. The smallest absolute Gasteiger partial charge is 0.312 e. The van der Waals surface area contributed by atoms with E-state index in [0.717, 1.165) is 4.90 Å². The van der Waals surface area contributed by atoms with Crippen LogP contribution in [0.1, 0.15) is 13.8 Å². The van der Waals surface area contributed by atoms with E-state index >= 15 is 0 Å². The molecule has 1 aromatic rings. The number of thioether (sulfide) groups is 1. The Labute approximate surface area is 94.0 Å². The summed E-state index contributed by atoms with van der Waals surface area (Å²) >= 11 is 1.61. The van der Waals surface area contributed by atoms with Crippen molar-refractivity contribution in [1.29, 1.82) is 0 Å². The Hall–Kier alpha value is -0.970. The highest BCUT2D eigenvalue weighted by molar-refractivity contribution is 7.99. The number of aryl methyl sites for hydroxylation is 1. The van der Waals surface area contributed by atoms with Crippen LogP contribution < -0.4 is 0 Å². The fourth-order valence-corrected chi connectivity index (χ4v) is 2.07. The molecule has 0 amide bonds. The van der Waals surface area contributed by atoms with E-state index in [9.17, 15) is 4.79 Å². The van der Waals surface area contributed by atoms with E-state index < -0.39 is 5.41 Å². The monoisotopic (exact) mass is 228 g/mol. The van der Waals surface area contributed by atoms with Crippen LogP contribution in [0.25, 0.3) is 0 Å². The van der Waals surface area contributed by atoms with Crippen molar-refractivity contribution in [2.45, 2.75) is 18.7 Å². The maximum Gasteiger partial charge on any atom is 0.312 e. The first kappa shape index (κ1) is 12.1. The van der Waals surface area contributed by atoms with E-state index in [2.05, 4.69) is 5.10 Å². The molecule has 0 fully saturated rings. The third-order valence-electron chi connectivity index (χ3n) is 2.02. The number of ether oxygens (including phenoxy) is 1. The molecule has 0 aliphatic rings. The van der Waals surface area contributed by atoms with Crippen LogP contribution in [0.2, 0.25) is 0 Å². The number of rotatable bonds is 4. The fraction of sp³-hybridized carbons (Fsp3) is 0.600. The molecule has 0 N–H and O–H groups in total. The molecule has 15 heavy (non-hydrogen) atoms.